The Hall–Kier alpha value is -0.830. The third-order valence-corrected chi connectivity index (χ3v) is 6.85. The first kappa shape index (κ1) is 13.8. The van der Waals surface area contributed by atoms with Crippen LogP contribution in [0.25, 0.3) is 0 Å². The Kier molecular flexibility index (Phi) is 3.01. The number of fused-ring (bicyclic) bond motifs is 2. The van der Waals surface area contributed by atoms with E-state index in [2.05, 4.69) is 38.0 Å². The lowest BCUT2D eigenvalue weighted by atomic mass is 9.45. The molecule has 21 heavy (non-hydrogen) atoms. The van der Waals surface area contributed by atoms with Gasteiger partial charge in [-0.25, -0.2) is 4.98 Å². The van der Waals surface area contributed by atoms with Crippen molar-refractivity contribution in [2.24, 2.45) is 23.2 Å². The number of rotatable bonds is 4. The molecular weight excluding hydrogens is 258 g/mol. The summed E-state index contributed by atoms with van der Waals surface area (Å²) in [6.45, 7) is 10.5. The van der Waals surface area contributed by atoms with Gasteiger partial charge in [0.2, 0.25) is 0 Å². The van der Waals surface area contributed by atoms with Crippen LogP contribution in [0.15, 0.2) is 0 Å². The van der Waals surface area contributed by atoms with Gasteiger partial charge in [0, 0.05) is 24.2 Å². The van der Waals surface area contributed by atoms with Crippen LogP contribution in [-0.2, 0) is 6.54 Å². The topological polar surface area (TPSA) is 40.7 Å². The predicted molar refractivity (Wildman–Crippen MR) is 85.1 cm³/mol. The van der Waals surface area contributed by atoms with E-state index in [1.54, 1.807) is 0 Å². The third-order valence-electron chi connectivity index (χ3n) is 6.85. The van der Waals surface area contributed by atoms with Crippen LogP contribution >= 0.6 is 0 Å². The Balaban J connectivity index is 1.39. The Morgan fingerprint density at radius 1 is 1.29 bits per heavy atom. The minimum absolute atomic E-state index is 0.582. The highest BCUT2D eigenvalue weighted by molar-refractivity contribution is 5.18. The minimum atomic E-state index is 0.582. The van der Waals surface area contributed by atoms with E-state index < -0.39 is 0 Å². The second-order valence-corrected chi connectivity index (χ2v) is 8.41. The van der Waals surface area contributed by atoms with Gasteiger partial charge in [-0.1, -0.05) is 20.8 Å². The highest BCUT2D eigenvalue weighted by Crippen LogP contribution is 2.61. The van der Waals surface area contributed by atoms with Gasteiger partial charge in [-0.15, -0.1) is 0 Å². The Morgan fingerprint density at radius 3 is 2.67 bits per heavy atom. The van der Waals surface area contributed by atoms with E-state index >= 15 is 0 Å². The first-order valence-corrected chi connectivity index (χ1v) is 8.75. The number of aryl methyl sites for hydroxylation is 1. The normalized spacial score (nSPS) is 37.3. The molecule has 2 bridgehead atoms. The minimum Gasteiger partial charge on any atom is -0.346 e. The fraction of sp³-hybridized carbons (Fsp3) is 0.833. The molecule has 0 saturated heterocycles. The van der Waals surface area contributed by atoms with Crippen molar-refractivity contribution in [3.8, 4) is 0 Å². The van der Waals surface area contributed by atoms with E-state index in [1.807, 2.05) is 0 Å². The number of nitrogens with one attached hydrogen (secondary N) is 2. The summed E-state index contributed by atoms with van der Waals surface area (Å²) in [6, 6.07) is 0.683. The monoisotopic (exact) mass is 287 g/mol. The van der Waals surface area contributed by atoms with Crippen molar-refractivity contribution in [1.82, 2.24) is 15.3 Å². The van der Waals surface area contributed by atoms with Gasteiger partial charge in [0.05, 0.1) is 5.69 Å². The van der Waals surface area contributed by atoms with Crippen molar-refractivity contribution >= 4 is 0 Å². The highest BCUT2D eigenvalue weighted by atomic mass is 15.0. The molecule has 0 spiro atoms. The molecule has 5 rings (SSSR count). The molecule has 4 aliphatic rings. The maximum atomic E-state index is 4.82. The lowest BCUT2D eigenvalue weighted by Gasteiger charge is -2.62. The quantitative estimate of drug-likeness (QED) is 0.885. The SMILES string of the molecule is Cc1[nH]c(C2CC2)nc1CN[C@@H]1C[C@@H]2C[C@H]([C@H]1C)C2(C)C. The molecule has 0 unspecified atom stereocenters. The van der Waals surface area contributed by atoms with Crippen molar-refractivity contribution < 1.29 is 0 Å². The van der Waals surface area contributed by atoms with Gasteiger partial charge < -0.3 is 10.3 Å². The largest absolute Gasteiger partial charge is 0.346 e. The smallest absolute Gasteiger partial charge is 0.109 e. The molecule has 0 aromatic carbocycles. The van der Waals surface area contributed by atoms with Crippen LogP contribution in [0.2, 0.25) is 0 Å². The van der Waals surface area contributed by atoms with E-state index in [-0.39, 0.29) is 0 Å². The summed E-state index contributed by atoms with van der Waals surface area (Å²) in [4.78, 5) is 8.31. The van der Waals surface area contributed by atoms with E-state index in [0.29, 0.717) is 11.5 Å². The van der Waals surface area contributed by atoms with Gasteiger partial charge in [-0.2, -0.15) is 0 Å². The Morgan fingerprint density at radius 2 is 2.05 bits per heavy atom. The molecule has 4 atom stereocenters. The number of aromatic nitrogens is 2. The van der Waals surface area contributed by atoms with E-state index in [9.17, 15) is 0 Å². The number of nitrogens with zero attached hydrogens (tertiary/aromatic N) is 1. The number of aromatic amines is 1. The van der Waals surface area contributed by atoms with Gasteiger partial charge >= 0.3 is 0 Å². The summed E-state index contributed by atoms with van der Waals surface area (Å²) in [5.41, 5.74) is 3.08. The van der Waals surface area contributed by atoms with Gasteiger partial charge in [-0.05, 0) is 55.8 Å². The average Bonchev–Trinajstić information content (AvgIpc) is 3.21. The lowest BCUT2D eigenvalue weighted by molar-refractivity contribution is -0.115. The molecule has 0 radical (unpaired) electrons. The molecule has 4 aliphatic carbocycles. The van der Waals surface area contributed by atoms with Crippen LogP contribution in [0.1, 0.15) is 69.6 Å². The van der Waals surface area contributed by atoms with Crippen LogP contribution in [-0.4, -0.2) is 16.0 Å². The average molecular weight is 287 g/mol. The predicted octanol–water partition coefficient (Wildman–Crippen LogP) is 3.76. The Labute approximate surface area is 128 Å². The van der Waals surface area contributed by atoms with Crippen LogP contribution in [0.3, 0.4) is 0 Å². The van der Waals surface area contributed by atoms with Gasteiger partial charge in [0.25, 0.3) is 0 Å². The molecule has 3 nitrogen and oxygen atoms in total. The third kappa shape index (κ3) is 2.16. The van der Waals surface area contributed by atoms with E-state index in [0.717, 1.165) is 30.2 Å². The molecule has 116 valence electrons. The molecule has 4 saturated carbocycles. The molecule has 3 heteroatoms. The van der Waals surface area contributed by atoms with Crippen LogP contribution in [0.5, 0.6) is 0 Å². The standard InChI is InChI=1S/C18H29N3/c1-10-14-7-13(18(14,3)4)8-15(10)19-9-16-11(2)20-17(21-16)12-5-6-12/h10,12-15,19H,5-9H2,1-4H3,(H,20,21)/t10-,13+,14-,15-/m1/s1. The van der Waals surface area contributed by atoms with Crippen LogP contribution in [0, 0.1) is 30.1 Å². The van der Waals surface area contributed by atoms with Crippen molar-refractivity contribution in [2.45, 2.75) is 71.9 Å². The first-order chi connectivity index (χ1) is 9.96. The van der Waals surface area contributed by atoms with E-state index in [1.165, 1.54) is 42.9 Å². The maximum absolute atomic E-state index is 4.82. The molecule has 1 heterocycles. The number of hydrogen-bond acceptors (Lipinski definition) is 2. The zero-order chi connectivity index (χ0) is 14.8. The Bertz CT molecular complexity index is 541. The molecule has 1 aromatic heterocycles. The van der Waals surface area contributed by atoms with Crippen LogP contribution in [0.4, 0.5) is 0 Å². The summed E-state index contributed by atoms with van der Waals surface area (Å²) in [7, 11) is 0. The number of imidazole rings is 1. The number of hydrogen-bond donors (Lipinski definition) is 2. The summed E-state index contributed by atoms with van der Waals surface area (Å²) in [5, 5.41) is 3.82. The zero-order valence-corrected chi connectivity index (χ0v) is 13.9. The molecular formula is C18H29N3. The first-order valence-electron chi connectivity index (χ1n) is 8.75. The maximum Gasteiger partial charge on any atom is 0.109 e. The van der Waals surface area contributed by atoms with Crippen molar-refractivity contribution in [2.75, 3.05) is 0 Å². The summed E-state index contributed by atoms with van der Waals surface area (Å²) in [6.07, 6.45) is 5.44. The second-order valence-electron chi connectivity index (χ2n) is 8.41. The zero-order valence-electron chi connectivity index (χ0n) is 13.9. The van der Waals surface area contributed by atoms with E-state index in [4.69, 9.17) is 4.98 Å². The second kappa shape index (κ2) is 4.58. The summed E-state index contributed by atoms with van der Waals surface area (Å²) >= 11 is 0. The fourth-order valence-corrected chi connectivity index (χ4v) is 4.89. The molecule has 0 amide bonds. The van der Waals surface area contributed by atoms with Crippen molar-refractivity contribution in [3.05, 3.63) is 17.2 Å². The van der Waals surface area contributed by atoms with Crippen molar-refractivity contribution in [3.63, 3.8) is 0 Å². The van der Waals surface area contributed by atoms with Gasteiger partial charge in [0.15, 0.2) is 0 Å². The summed E-state index contributed by atoms with van der Waals surface area (Å²) in [5.74, 6) is 4.59. The van der Waals surface area contributed by atoms with Gasteiger partial charge in [-0.3, -0.25) is 0 Å². The van der Waals surface area contributed by atoms with Crippen molar-refractivity contribution in [1.29, 1.82) is 0 Å². The fourth-order valence-electron chi connectivity index (χ4n) is 4.89. The van der Waals surface area contributed by atoms with Gasteiger partial charge in [0.1, 0.15) is 5.82 Å². The molecule has 4 fully saturated rings. The summed E-state index contributed by atoms with van der Waals surface area (Å²) < 4.78 is 0. The lowest BCUT2D eigenvalue weighted by Crippen LogP contribution is -2.59. The van der Waals surface area contributed by atoms with Crippen LogP contribution < -0.4 is 5.32 Å². The highest BCUT2D eigenvalue weighted by Gasteiger charge is 2.55. The molecule has 2 N–H and O–H groups in total. The molecule has 1 aromatic rings. The molecule has 0 aliphatic heterocycles. The number of H-pyrrole nitrogens is 1.